The largest absolute Gasteiger partial charge is 0.392 e. The SMILES string of the molecule is CC1CCC/C1=C\CO. The van der Waals surface area contributed by atoms with E-state index >= 15 is 0 Å². The van der Waals surface area contributed by atoms with Gasteiger partial charge in [0, 0.05) is 0 Å². The van der Waals surface area contributed by atoms with Crippen LogP contribution in [0.3, 0.4) is 0 Å². The first-order valence-electron chi connectivity index (χ1n) is 3.64. The highest BCUT2D eigenvalue weighted by Crippen LogP contribution is 2.29. The summed E-state index contributed by atoms with van der Waals surface area (Å²) in [4.78, 5) is 0. The van der Waals surface area contributed by atoms with Crippen LogP contribution in [0.4, 0.5) is 0 Å². The van der Waals surface area contributed by atoms with E-state index in [1.54, 1.807) is 0 Å². The van der Waals surface area contributed by atoms with Crippen LogP contribution in [0.15, 0.2) is 11.6 Å². The molecule has 0 aromatic carbocycles. The van der Waals surface area contributed by atoms with Crippen LogP contribution in [0.1, 0.15) is 26.2 Å². The van der Waals surface area contributed by atoms with E-state index in [4.69, 9.17) is 5.11 Å². The summed E-state index contributed by atoms with van der Waals surface area (Å²) < 4.78 is 0. The number of rotatable bonds is 1. The zero-order valence-electron chi connectivity index (χ0n) is 5.93. The highest BCUT2D eigenvalue weighted by atomic mass is 16.2. The molecule has 1 aliphatic rings. The van der Waals surface area contributed by atoms with Gasteiger partial charge in [-0.15, -0.1) is 0 Å². The molecule has 9 heavy (non-hydrogen) atoms. The molecule has 0 spiro atoms. The Morgan fingerprint density at radius 3 is 3.00 bits per heavy atom. The van der Waals surface area contributed by atoms with Gasteiger partial charge in [0.05, 0.1) is 6.61 Å². The predicted molar refractivity (Wildman–Crippen MR) is 38.2 cm³/mol. The Kier molecular flexibility index (Phi) is 2.29. The fourth-order valence-corrected chi connectivity index (χ4v) is 1.46. The normalized spacial score (nSPS) is 31.8. The summed E-state index contributed by atoms with van der Waals surface area (Å²) in [6.07, 6.45) is 5.79. The second kappa shape index (κ2) is 3.02. The molecule has 0 amide bonds. The molecule has 1 rings (SSSR count). The van der Waals surface area contributed by atoms with Crippen LogP contribution in [-0.4, -0.2) is 11.7 Å². The van der Waals surface area contributed by atoms with Crippen molar-refractivity contribution < 1.29 is 5.11 Å². The Morgan fingerprint density at radius 1 is 1.78 bits per heavy atom. The van der Waals surface area contributed by atoms with Crippen molar-refractivity contribution in [1.29, 1.82) is 0 Å². The van der Waals surface area contributed by atoms with E-state index in [1.807, 2.05) is 6.08 Å². The molecule has 0 aromatic rings. The first-order valence-corrected chi connectivity index (χ1v) is 3.64. The minimum absolute atomic E-state index is 0.222. The molecular formula is C8H14O. The van der Waals surface area contributed by atoms with E-state index in [2.05, 4.69) is 6.92 Å². The molecular weight excluding hydrogens is 112 g/mol. The Morgan fingerprint density at radius 2 is 2.56 bits per heavy atom. The van der Waals surface area contributed by atoms with E-state index in [0.717, 1.165) is 5.92 Å². The lowest BCUT2D eigenvalue weighted by Crippen LogP contribution is -1.89. The van der Waals surface area contributed by atoms with Crippen LogP contribution in [0, 0.1) is 5.92 Å². The third-order valence-electron chi connectivity index (χ3n) is 2.09. The molecule has 1 saturated carbocycles. The average Bonchev–Trinajstić information content (AvgIpc) is 2.18. The van der Waals surface area contributed by atoms with Crippen LogP contribution in [0.5, 0.6) is 0 Å². The van der Waals surface area contributed by atoms with E-state index in [0.29, 0.717) is 0 Å². The number of hydrogen-bond acceptors (Lipinski definition) is 1. The molecule has 1 atom stereocenters. The van der Waals surface area contributed by atoms with Gasteiger partial charge >= 0.3 is 0 Å². The Hall–Kier alpha value is -0.300. The molecule has 52 valence electrons. The zero-order chi connectivity index (χ0) is 6.69. The molecule has 1 aliphatic carbocycles. The molecule has 0 aromatic heterocycles. The van der Waals surface area contributed by atoms with Crippen molar-refractivity contribution >= 4 is 0 Å². The van der Waals surface area contributed by atoms with Gasteiger partial charge in [-0.3, -0.25) is 0 Å². The van der Waals surface area contributed by atoms with Crippen molar-refractivity contribution in [2.75, 3.05) is 6.61 Å². The van der Waals surface area contributed by atoms with Gasteiger partial charge in [0.2, 0.25) is 0 Å². The minimum Gasteiger partial charge on any atom is -0.392 e. The standard InChI is InChI=1S/C8H14O/c1-7-3-2-4-8(7)5-6-9/h5,7,9H,2-4,6H2,1H3/b8-5+. The van der Waals surface area contributed by atoms with Crippen LogP contribution < -0.4 is 0 Å². The number of aliphatic hydroxyl groups excluding tert-OH is 1. The predicted octanol–water partition coefficient (Wildman–Crippen LogP) is 1.73. The van der Waals surface area contributed by atoms with Crippen LogP contribution in [0.2, 0.25) is 0 Å². The molecule has 1 unspecified atom stereocenters. The fourth-order valence-electron chi connectivity index (χ4n) is 1.46. The maximum absolute atomic E-state index is 8.57. The Balaban J connectivity index is 2.48. The molecule has 0 aliphatic heterocycles. The van der Waals surface area contributed by atoms with Crippen molar-refractivity contribution in [2.24, 2.45) is 5.92 Å². The summed E-state index contributed by atoms with van der Waals surface area (Å²) in [5, 5.41) is 8.57. The van der Waals surface area contributed by atoms with E-state index in [-0.39, 0.29) is 6.61 Å². The topological polar surface area (TPSA) is 20.2 Å². The molecule has 1 heteroatoms. The molecule has 0 radical (unpaired) electrons. The summed E-state index contributed by atoms with van der Waals surface area (Å²) in [5.74, 6) is 0.733. The summed E-state index contributed by atoms with van der Waals surface area (Å²) in [6.45, 7) is 2.45. The van der Waals surface area contributed by atoms with Crippen LogP contribution in [0.25, 0.3) is 0 Å². The molecule has 1 fully saturated rings. The number of hydrogen-bond donors (Lipinski definition) is 1. The summed E-state index contributed by atoms with van der Waals surface area (Å²) in [5.41, 5.74) is 1.46. The van der Waals surface area contributed by atoms with Gasteiger partial charge in [0.25, 0.3) is 0 Å². The Bertz CT molecular complexity index is 116. The first kappa shape index (κ1) is 6.81. The van der Waals surface area contributed by atoms with Gasteiger partial charge in [-0.05, 0) is 25.2 Å². The van der Waals surface area contributed by atoms with Crippen LogP contribution in [-0.2, 0) is 0 Å². The third-order valence-corrected chi connectivity index (χ3v) is 2.09. The van der Waals surface area contributed by atoms with E-state index in [1.165, 1.54) is 24.8 Å². The van der Waals surface area contributed by atoms with Gasteiger partial charge in [-0.1, -0.05) is 18.6 Å². The zero-order valence-corrected chi connectivity index (χ0v) is 5.93. The van der Waals surface area contributed by atoms with E-state index < -0.39 is 0 Å². The molecule has 0 bridgehead atoms. The summed E-state index contributed by atoms with van der Waals surface area (Å²) in [7, 11) is 0. The fraction of sp³-hybridized carbons (Fsp3) is 0.750. The highest BCUT2D eigenvalue weighted by Gasteiger charge is 2.14. The summed E-state index contributed by atoms with van der Waals surface area (Å²) >= 11 is 0. The summed E-state index contributed by atoms with van der Waals surface area (Å²) in [6, 6.07) is 0. The maximum Gasteiger partial charge on any atom is 0.0615 e. The quantitative estimate of drug-likeness (QED) is 0.530. The van der Waals surface area contributed by atoms with Crippen LogP contribution >= 0.6 is 0 Å². The lowest BCUT2D eigenvalue weighted by molar-refractivity contribution is 0.341. The molecule has 1 nitrogen and oxygen atoms in total. The number of aliphatic hydroxyl groups is 1. The maximum atomic E-state index is 8.57. The van der Waals surface area contributed by atoms with Gasteiger partial charge in [0.15, 0.2) is 0 Å². The smallest absolute Gasteiger partial charge is 0.0615 e. The van der Waals surface area contributed by atoms with Crippen molar-refractivity contribution in [2.45, 2.75) is 26.2 Å². The number of allylic oxidation sites excluding steroid dienone is 1. The average molecular weight is 126 g/mol. The second-order valence-corrected chi connectivity index (χ2v) is 2.75. The minimum atomic E-state index is 0.222. The van der Waals surface area contributed by atoms with E-state index in [9.17, 15) is 0 Å². The van der Waals surface area contributed by atoms with Gasteiger partial charge in [-0.2, -0.15) is 0 Å². The van der Waals surface area contributed by atoms with Gasteiger partial charge in [0.1, 0.15) is 0 Å². The molecule has 0 saturated heterocycles. The monoisotopic (exact) mass is 126 g/mol. The van der Waals surface area contributed by atoms with Crippen molar-refractivity contribution in [1.82, 2.24) is 0 Å². The third kappa shape index (κ3) is 1.55. The highest BCUT2D eigenvalue weighted by molar-refractivity contribution is 5.09. The second-order valence-electron chi connectivity index (χ2n) is 2.75. The lowest BCUT2D eigenvalue weighted by Gasteiger charge is -2.01. The lowest BCUT2D eigenvalue weighted by atomic mass is 10.1. The van der Waals surface area contributed by atoms with Gasteiger partial charge < -0.3 is 5.11 Å². The van der Waals surface area contributed by atoms with Gasteiger partial charge in [-0.25, -0.2) is 0 Å². The molecule has 0 heterocycles. The Labute approximate surface area is 56.4 Å². The first-order chi connectivity index (χ1) is 4.34. The molecule has 1 N–H and O–H groups in total. The van der Waals surface area contributed by atoms with Crippen molar-refractivity contribution in [3.63, 3.8) is 0 Å². The van der Waals surface area contributed by atoms with Crippen molar-refractivity contribution in [3.05, 3.63) is 11.6 Å². The van der Waals surface area contributed by atoms with Crippen molar-refractivity contribution in [3.8, 4) is 0 Å².